The van der Waals surface area contributed by atoms with Gasteiger partial charge in [0, 0.05) is 11.4 Å². The van der Waals surface area contributed by atoms with Crippen molar-refractivity contribution < 1.29 is 19.4 Å². The smallest absolute Gasteiger partial charge is 0.345 e. The molecule has 116 valence electrons. The summed E-state index contributed by atoms with van der Waals surface area (Å²) < 4.78 is 11.1. The highest BCUT2D eigenvalue weighted by atomic mass is 35.5. The number of carboxylic acid groups (broad SMARTS) is 1. The average Bonchev–Trinajstić information content (AvgIpc) is 2.48. The van der Waals surface area contributed by atoms with Gasteiger partial charge in [-0.3, -0.25) is 0 Å². The maximum Gasteiger partial charge on any atom is 0.345 e. The summed E-state index contributed by atoms with van der Waals surface area (Å²) in [5.41, 5.74) is 0.791. The third kappa shape index (κ3) is 4.40. The molecule has 0 aromatic heterocycles. The fourth-order valence-corrected chi connectivity index (χ4v) is 2.23. The van der Waals surface area contributed by atoms with E-state index in [9.17, 15) is 9.90 Å². The van der Waals surface area contributed by atoms with Gasteiger partial charge in [-0.1, -0.05) is 35.9 Å². The first-order chi connectivity index (χ1) is 10.6. The zero-order chi connectivity index (χ0) is 15.9. The van der Waals surface area contributed by atoms with Gasteiger partial charge in [-0.25, -0.2) is 4.79 Å². The van der Waals surface area contributed by atoms with Gasteiger partial charge in [-0.15, -0.1) is 0 Å². The van der Waals surface area contributed by atoms with Crippen LogP contribution in [0.3, 0.4) is 0 Å². The minimum Gasteiger partial charge on any atom is -0.494 e. The molecule has 0 heterocycles. The maximum atomic E-state index is 11.5. The molecule has 4 nitrogen and oxygen atoms in total. The molecule has 0 saturated heterocycles. The first-order valence-electron chi connectivity index (χ1n) is 6.96. The lowest BCUT2D eigenvalue weighted by Gasteiger charge is -2.17. The SMILES string of the molecule is CCOc1ccccc1C[C@@H](Oc1cccc(Cl)c1)C(=O)O. The molecule has 1 atom stereocenters. The normalized spacial score (nSPS) is 11.7. The molecular formula is C17H17ClO4. The van der Waals surface area contributed by atoms with Crippen molar-refractivity contribution in [2.24, 2.45) is 0 Å². The van der Waals surface area contributed by atoms with Crippen molar-refractivity contribution in [3.63, 3.8) is 0 Å². The van der Waals surface area contributed by atoms with E-state index in [1.807, 2.05) is 31.2 Å². The molecule has 0 spiro atoms. The monoisotopic (exact) mass is 320 g/mol. The van der Waals surface area contributed by atoms with Crippen molar-refractivity contribution in [3.05, 3.63) is 59.1 Å². The van der Waals surface area contributed by atoms with E-state index in [4.69, 9.17) is 21.1 Å². The van der Waals surface area contributed by atoms with E-state index in [2.05, 4.69) is 0 Å². The van der Waals surface area contributed by atoms with Crippen LogP contribution in [0, 0.1) is 0 Å². The van der Waals surface area contributed by atoms with Crippen molar-refractivity contribution in [3.8, 4) is 11.5 Å². The average molecular weight is 321 g/mol. The van der Waals surface area contributed by atoms with Crippen LogP contribution >= 0.6 is 11.6 Å². The molecule has 0 amide bonds. The number of carboxylic acids is 1. The Kier molecular flexibility index (Phi) is 5.67. The van der Waals surface area contributed by atoms with Crippen molar-refractivity contribution in [1.29, 1.82) is 0 Å². The second kappa shape index (κ2) is 7.71. The maximum absolute atomic E-state index is 11.5. The molecule has 0 aliphatic carbocycles. The highest BCUT2D eigenvalue weighted by molar-refractivity contribution is 6.30. The summed E-state index contributed by atoms with van der Waals surface area (Å²) in [6, 6.07) is 14.0. The van der Waals surface area contributed by atoms with Crippen LogP contribution in [0.25, 0.3) is 0 Å². The van der Waals surface area contributed by atoms with Gasteiger partial charge >= 0.3 is 5.97 Å². The molecule has 5 heteroatoms. The Bertz CT molecular complexity index is 642. The van der Waals surface area contributed by atoms with Gasteiger partial charge in [0.15, 0.2) is 6.10 Å². The molecule has 0 bridgehead atoms. The molecule has 0 aliphatic rings. The molecule has 0 unspecified atom stereocenters. The van der Waals surface area contributed by atoms with Gasteiger partial charge in [0.2, 0.25) is 0 Å². The predicted octanol–water partition coefficient (Wildman–Crippen LogP) is 3.81. The number of rotatable bonds is 7. The van der Waals surface area contributed by atoms with E-state index in [0.29, 0.717) is 23.1 Å². The number of benzene rings is 2. The van der Waals surface area contributed by atoms with Crippen molar-refractivity contribution in [2.75, 3.05) is 6.61 Å². The van der Waals surface area contributed by atoms with Gasteiger partial charge in [0.05, 0.1) is 6.61 Å². The highest BCUT2D eigenvalue weighted by Gasteiger charge is 2.22. The number of para-hydroxylation sites is 1. The second-order valence-corrected chi connectivity index (χ2v) is 5.08. The number of hydrogen-bond donors (Lipinski definition) is 1. The standard InChI is InChI=1S/C17H17ClO4/c1-2-21-15-9-4-3-6-12(15)10-16(17(19)20)22-14-8-5-7-13(18)11-14/h3-9,11,16H,2,10H2,1H3,(H,19,20)/t16-/m1/s1. The van der Waals surface area contributed by atoms with Crippen LogP contribution in [0.5, 0.6) is 11.5 Å². The fourth-order valence-electron chi connectivity index (χ4n) is 2.05. The zero-order valence-corrected chi connectivity index (χ0v) is 12.9. The quantitative estimate of drug-likeness (QED) is 0.842. The summed E-state index contributed by atoms with van der Waals surface area (Å²) in [6.07, 6.45) is -0.807. The van der Waals surface area contributed by atoms with Gasteiger partial charge in [-0.2, -0.15) is 0 Å². The Balaban J connectivity index is 2.17. The van der Waals surface area contributed by atoms with Crippen molar-refractivity contribution in [2.45, 2.75) is 19.4 Å². The summed E-state index contributed by atoms with van der Waals surface area (Å²) in [6.45, 7) is 2.40. The number of hydrogen-bond acceptors (Lipinski definition) is 3. The van der Waals surface area contributed by atoms with Crippen LogP contribution in [-0.2, 0) is 11.2 Å². The molecule has 1 N–H and O–H groups in total. The van der Waals surface area contributed by atoms with Gasteiger partial charge in [0.25, 0.3) is 0 Å². The lowest BCUT2D eigenvalue weighted by molar-refractivity contribution is -0.145. The third-order valence-corrected chi connectivity index (χ3v) is 3.26. The molecule has 0 fully saturated rings. The highest BCUT2D eigenvalue weighted by Crippen LogP contribution is 2.23. The Morgan fingerprint density at radius 1 is 1.23 bits per heavy atom. The largest absolute Gasteiger partial charge is 0.494 e. The zero-order valence-electron chi connectivity index (χ0n) is 12.2. The Morgan fingerprint density at radius 3 is 2.68 bits per heavy atom. The number of halogens is 1. The summed E-state index contributed by atoms with van der Waals surface area (Å²) in [5, 5.41) is 9.88. The summed E-state index contributed by atoms with van der Waals surface area (Å²) in [5.74, 6) is 0.0611. The molecule has 2 rings (SSSR count). The topological polar surface area (TPSA) is 55.8 Å². The van der Waals surface area contributed by atoms with E-state index < -0.39 is 12.1 Å². The second-order valence-electron chi connectivity index (χ2n) is 4.65. The van der Waals surface area contributed by atoms with Crippen LogP contribution in [0.1, 0.15) is 12.5 Å². The first kappa shape index (κ1) is 16.2. The fraction of sp³-hybridized carbons (Fsp3) is 0.235. The Labute approximate surface area is 134 Å². The predicted molar refractivity (Wildman–Crippen MR) is 84.8 cm³/mol. The van der Waals surface area contributed by atoms with Crippen LogP contribution in [0.4, 0.5) is 0 Å². The summed E-state index contributed by atoms with van der Waals surface area (Å²) in [7, 11) is 0. The van der Waals surface area contributed by atoms with E-state index in [-0.39, 0.29) is 6.42 Å². The van der Waals surface area contributed by atoms with Crippen LogP contribution in [-0.4, -0.2) is 23.8 Å². The number of ether oxygens (including phenoxy) is 2. The van der Waals surface area contributed by atoms with Crippen LogP contribution < -0.4 is 9.47 Å². The minimum atomic E-state index is -1.04. The van der Waals surface area contributed by atoms with Crippen LogP contribution in [0.2, 0.25) is 5.02 Å². The van der Waals surface area contributed by atoms with Gasteiger partial charge in [0.1, 0.15) is 11.5 Å². The van der Waals surface area contributed by atoms with Crippen molar-refractivity contribution in [1.82, 2.24) is 0 Å². The van der Waals surface area contributed by atoms with Crippen molar-refractivity contribution >= 4 is 17.6 Å². The lowest BCUT2D eigenvalue weighted by atomic mass is 10.1. The molecular weight excluding hydrogens is 304 g/mol. The number of aliphatic carboxylic acids is 1. The van der Waals surface area contributed by atoms with Crippen LogP contribution in [0.15, 0.2) is 48.5 Å². The van der Waals surface area contributed by atoms with Gasteiger partial charge in [-0.05, 0) is 36.8 Å². The minimum absolute atomic E-state index is 0.206. The Morgan fingerprint density at radius 2 is 2.00 bits per heavy atom. The molecule has 0 saturated carbocycles. The molecule has 22 heavy (non-hydrogen) atoms. The van der Waals surface area contributed by atoms with E-state index in [1.165, 1.54) is 0 Å². The molecule has 2 aromatic carbocycles. The summed E-state index contributed by atoms with van der Waals surface area (Å²) >= 11 is 5.89. The van der Waals surface area contributed by atoms with E-state index in [1.54, 1.807) is 24.3 Å². The Hall–Kier alpha value is -2.20. The lowest BCUT2D eigenvalue weighted by Crippen LogP contribution is -2.29. The van der Waals surface area contributed by atoms with E-state index in [0.717, 1.165) is 5.56 Å². The molecule has 0 aliphatic heterocycles. The van der Waals surface area contributed by atoms with Gasteiger partial charge < -0.3 is 14.6 Å². The number of carbonyl (C=O) groups is 1. The molecule has 2 aromatic rings. The molecule has 0 radical (unpaired) electrons. The summed E-state index contributed by atoms with van der Waals surface area (Å²) in [4.78, 5) is 11.5. The van der Waals surface area contributed by atoms with E-state index >= 15 is 0 Å². The third-order valence-electron chi connectivity index (χ3n) is 3.03. The first-order valence-corrected chi connectivity index (χ1v) is 7.33.